The number of ether oxygens (including phenoxy) is 2. The molecule has 0 saturated carbocycles. The molecule has 0 N–H and O–H groups in total. The van der Waals surface area contributed by atoms with E-state index in [9.17, 15) is 18.0 Å². The molecule has 0 radical (unpaired) electrons. The van der Waals surface area contributed by atoms with E-state index in [1.807, 2.05) is 6.07 Å². The van der Waals surface area contributed by atoms with Crippen molar-refractivity contribution in [3.63, 3.8) is 0 Å². The van der Waals surface area contributed by atoms with E-state index in [1.165, 1.54) is 31.2 Å². The Labute approximate surface area is 182 Å². The van der Waals surface area contributed by atoms with Crippen molar-refractivity contribution in [3.8, 4) is 5.75 Å². The number of piperidine rings is 1. The van der Waals surface area contributed by atoms with Crippen molar-refractivity contribution in [2.45, 2.75) is 30.7 Å². The van der Waals surface area contributed by atoms with Crippen molar-refractivity contribution in [2.75, 3.05) is 20.2 Å². The zero-order valence-corrected chi connectivity index (χ0v) is 17.5. The SMILES string of the molecule is COC(=O)c1cccc(CON=C2CCN(Sc3ccc(OC(F)(F)F)cc3)CC2)c1. The molecule has 1 aliphatic heterocycles. The number of nitrogens with zero attached hydrogens (tertiary/aromatic N) is 2. The molecule has 3 rings (SSSR count). The molecule has 2 aromatic rings. The summed E-state index contributed by atoms with van der Waals surface area (Å²) < 4.78 is 47.4. The highest BCUT2D eigenvalue weighted by molar-refractivity contribution is 7.97. The van der Waals surface area contributed by atoms with Gasteiger partial charge in [0, 0.05) is 30.8 Å². The molecule has 0 spiro atoms. The number of hydrogen-bond acceptors (Lipinski definition) is 7. The summed E-state index contributed by atoms with van der Waals surface area (Å²) in [6, 6.07) is 12.8. The number of halogens is 3. The molecule has 0 unspecified atom stereocenters. The van der Waals surface area contributed by atoms with E-state index in [4.69, 9.17) is 9.57 Å². The Morgan fingerprint density at radius 2 is 1.84 bits per heavy atom. The van der Waals surface area contributed by atoms with E-state index < -0.39 is 12.3 Å². The molecule has 166 valence electrons. The van der Waals surface area contributed by atoms with Gasteiger partial charge < -0.3 is 14.3 Å². The standard InChI is InChI=1S/C21H21F3N2O4S/c1-28-20(27)16-4-2-3-15(13-16)14-29-25-17-9-11-26(12-10-17)31-19-7-5-18(6-8-19)30-21(22,23)24/h2-8,13H,9-12,14H2,1H3. The second-order valence-corrected chi connectivity index (χ2v) is 7.83. The Morgan fingerprint density at radius 3 is 2.48 bits per heavy atom. The van der Waals surface area contributed by atoms with Gasteiger partial charge in [-0.25, -0.2) is 9.10 Å². The molecule has 10 heteroatoms. The monoisotopic (exact) mass is 454 g/mol. The molecule has 1 fully saturated rings. The molecule has 1 saturated heterocycles. The largest absolute Gasteiger partial charge is 0.573 e. The number of oxime groups is 1. The van der Waals surface area contributed by atoms with Gasteiger partial charge in [0.2, 0.25) is 0 Å². The van der Waals surface area contributed by atoms with Crippen LogP contribution in [0.3, 0.4) is 0 Å². The third kappa shape index (κ3) is 7.48. The van der Waals surface area contributed by atoms with Crippen molar-refractivity contribution in [1.82, 2.24) is 4.31 Å². The maximum Gasteiger partial charge on any atom is 0.573 e. The fourth-order valence-electron chi connectivity index (χ4n) is 2.88. The Balaban J connectivity index is 1.43. The molecule has 31 heavy (non-hydrogen) atoms. The molecule has 1 aliphatic rings. The second-order valence-electron chi connectivity index (χ2n) is 6.66. The quantitative estimate of drug-likeness (QED) is 0.332. The minimum absolute atomic E-state index is 0.237. The average molecular weight is 454 g/mol. The summed E-state index contributed by atoms with van der Waals surface area (Å²) in [7, 11) is 1.33. The lowest BCUT2D eigenvalue weighted by atomic mass is 10.1. The zero-order chi connectivity index (χ0) is 22.3. The second kappa shape index (κ2) is 10.5. The van der Waals surface area contributed by atoms with Gasteiger partial charge in [0.25, 0.3) is 0 Å². The molecule has 2 aromatic carbocycles. The lowest BCUT2D eigenvalue weighted by molar-refractivity contribution is -0.274. The number of benzene rings is 2. The number of alkyl halides is 3. The van der Waals surface area contributed by atoms with E-state index in [1.54, 1.807) is 30.3 Å². The number of carbonyl (C=O) groups excluding carboxylic acids is 1. The molecule has 0 bridgehead atoms. The van der Waals surface area contributed by atoms with Crippen LogP contribution in [-0.4, -0.2) is 42.5 Å². The van der Waals surface area contributed by atoms with Crippen LogP contribution in [0.5, 0.6) is 5.75 Å². The van der Waals surface area contributed by atoms with Gasteiger partial charge >= 0.3 is 12.3 Å². The maximum absolute atomic E-state index is 12.2. The van der Waals surface area contributed by atoms with Gasteiger partial charge in [-0.2, -0.15) is 0 Å². The van der Waals surface area contributed by atoms with E-state index in [0.29, 0.717) is 5.56 Å². The van der Waals surface area contributed by atoms with E-state index in [2.05, 4.69) is 14.2 Å². The van der Waals surface area contributed by atoms with Crippen LogP contribution >= 0.6 is 11.9 Å². The number of esters is 1. The van der Waals surface area contributed by atoms with Crippen LogP contribution in [0.1, 0.15) is 28.8 Å². The first-order valence-corrected chi connectivity index (χ1v) is 10.2. The fraction of sp³-hybridized carbons (Fsp3) is 0.333. The third-order valence-electron chi connectivity index (χ3n) is 4.36. The summed E-state index contributed by atoms with van der Waals surface area (Å²) >= 11 is 1.48. The Hall–Kier alpha value is -2.72. The fourth-order valence-corrected chi connectivity index (χ4v) is 3.80. The first-order chi connectivity index (χ1) is 14.8. The van der Waals surface area contributed by atoms with Crippen LogP contribution < -0.4 is 4.74 Å². The predicted molar refractivity (Wildman–Crippen MR) is 110 cm³/mol. The molecule has 0 aliphatic carbocycles. The van der Waals surface area contributed by atoms with Crippen LogP contribution in [-0.2, 0) is 16.2 Å². The minimum Gasteiger partial charge on any atom is -0.465 e. The molecule has 0 atom stereocenters. The third-order valence-corrected chi connectivity index (χ3v) is 5.47. The zero-order valence-electron chi connectivity index (χ0n) is 16.7. The highest BCUT2D eigenvalue weighted by Crippen LogP contribution is 2.29. The summed E-state index contributed by atoms with van der Waals surface area (Å²) in [4.78, 5) is 17.8. The summed E-state index contributed by atoms with van der Waals surface area (Å²) in [5, 5.41) is 4.20. The van der Waals surface area contributed by atoms with Crippen molar-refractivity contribution in [2.24, 2.45) is 5.16 Å². The Kier molecular flexibility index (Phi) is 7.80. The van der Waals surface area contributed by atoms with Gasteiger partial charge in [-0.3, -0.25) is 0 Å². The van der Waals surface area contributed by atoms with Gasteiger partial charge in [-0.05, 0) is 53.9 Å². The maximum atomic E-state index is 12.2. The van der Waals surface area contributed by atoms with Crippen molar-refractivity contribution >= 4 is 23.6 Å². The molecule has 1 heterocycles. The molecular formula is C21H21F3N2O4S. The van der Waals surface area contributed by atoms with Crippen LogP contribution in [0, 0.1) is 0 Å². The lowest BCUT2D eigenvalue weighted by Crippen LogP contribution is -2.28. The number of hydrogen-bond donors (Lipinski definition) is 0. The molecular weight excluding hydrogens is 433 g/mol. The average Bonchev–Trinajstić information content (AvgIpc) is 2.75. The number of rotatable bonds is 7. The molecule has 0 aromatic heterocycles. The van der Waals surface area contributed by atoms with Gasteiger partial charge in [0.1, 0.15) is 12.4 Å². The van der Waals surface area contributed by atoms with E-state index in [0.717, 1.165) is 42.1 Å². The minimum atomic E-state index is -4.69. The predicted octanol–water partition coefficient (Wildman–Crippen LogP) is 5.05. The Bertz CT molecular complexity index is 910. The van der Waals surface area contributed by atoms with Crippen LogP contribution in [0.2, 0.25) is 0 Å². The van der Waals surface area contributed by atoms with Gasteiger partial charge in [0.05, 0.1) is 18.4 Å². The van der Waals surface area contributed by atoms with Crippen molar-refractivity contribution in [1.29, 1.82) is 0 Å². The van der Waals surface area contributed by atoms with Crippen molar-refractivity contribution < 1.29 is 32.3 Å². The van der Waals surface area contributed by atoms with Gasteiger partial charge in [-0.1, -0.05) is 17.3 Å². The summed E-state index contributed by atoms with van der Waals surface area (Å²) in [6.45, 7) is 1.73. The smallest absolute Gasteiger partial charge is 0.465 e. The summed E-state index contributed by atoms with van der Waals surface area (Å²) in [5.74, 6) is -0.639. The topological polar surface area (TPSA) is 60.4 Å². The highest BCUT2D eigenvalue weighted by Gasteiger charge is 2.31. The van der Waals surface area contributed by atoms with Crippen molar-refractivity contribution in [3.05, 3.63) is 59.7 Å². The molecule has 6 nitrogen and oxygen atoms in total. The highest BCUT2D eigenvalue weighted by atomic mass is 32.2. The number of methoxy groups -OCH3 is 1. The van der Waals surface area contributed by atoms with E-state index >= 15 is 0 Å². The van der Waals surface area contributed by atoms with Gasteiger partial charge in [-0.15, -0.1) is 13.2 Å². The van der Waals surface area contributed by atoms with Crippen LogP contribution in [0.25, 0.3) is 0 Å². The number of carbonyl (C=O) groups is 1. The first kappa shape index (κ1) is 23.0. The normalized spacial score (nSPS) is 14.8. The Morgan fingerprint density at radius 1 is 1.13 bits per heavy atom. The first-order valence-electron chi connectivity index (χ1n) is 9.46. The van der Waals surface area contributed by atoms with Gasteiger partial charge in [0.15, 0.2) is 0 Å². The van der Waals surface area contributed by atoms with Crippen LogP contribution in [0.4, 0.5) is 13.2 Å². The van der Waals surface area contributed by atoms with E-state index in [-0.39, 0.29) is 12.4 Å². The summed E-state index contributed by atoms with van der Waals surface area (Å²) in [6.07, 6.45) is -3.24. The molecule has 0 amide bonds. The summed E-state index contributed by atoms with van der Waals surface area (Å²) in [5.41, 5.74) is 2.22. The van der Waals surface area contributed by atoms with Crippen LogP contribution in [0.15, 0.2) is 58.6 Å². The lowest BCUT2D eigenvalue weighted by Gasteiger charge is -2.26.